The molecule has 2 rings (SSSR count). The summed E-state index contributed by atoms with van der Waals surface area (Å²) >= 11 is 0. The molecule has 0 bridgehead atoms. The van der Waals surface area contributed by atoms with E-state index in [1.807, 2.05) is 74.5 Å². The van der Waals surface area contributed by atoms with Crippen LogP contribution in [0.4, 0.5) is 0 Å². The van der Waals surface area contributed by atoms with Gasteiger partial charge in [0.15, 0.2) is 5.78 Å². The average Bonchev–Trinajstić information content (AvgIpc) is 2.80. The van der Waals surface area contributed by atoms with Crippen LogP contribution < -0.4 is 16.4 Å². The van der Waals surface area contributed by atoms with Crippen LogP contribution in [0.3, 0.4) is 0 Å². The van der Waals surface area contributed by atoms with E-state index in [4.69, 9.17) is 5.73 Å². The molecule has 0 aliphatic rings. The van der Waals surface area contributed by atoms with Crippen LogP contribution in [0.15, 0.2) is 72.9 Å². The molecule has 0 radical (unpaired) electrons. The summed E-state index contributed by atoms with van der Waals surface area (Å²) in [6.45, 7) is 13.9. The van der Waals surface area contributed by atoms with Gasteiger partial charge in [0.05, 0.1) is 18.1 Å². The maximum absolute atomic E-state index is 12.9. The van der Waals surface area contributed by atoms with E-state index in [1.165, 1.54) is 0 Å². The second-order valence-corrected chi connectivity index (χ2v) is 8.51. The molecule has 2 aromatic carbocycles. The molecule has 0 aliphatic heterocycles. The molecule has 0 saturated heterocycles. The van der Waals surface area contributed by atoms with Gasteiger partial charge >= 0.3 is 0 Å². The predicted octanol–water partition coefficient (Wildman–Crippen LogP) is 4.42. The van der Waals surface area contributed by atoms with E-state index >= 15 is 0 Å². The molecule has 2 aromatic rings. The minimum absolute atomic E-state index is 0.0559. The Labute approximate surface area is 199 Å². The topological polar surface area (TPSA) is 84.2 Å². The maximum atomic E-state index is 12.9. The van der Waals surface area contributed by atoms with Gasteiger partial charge in [-0.15, -0.1) is 0 Å². The van der Waals surface area contributed by atoms with E-state index in [0.717, 1.165) is 11.1 Å². The first-order chi connectivity index (χ1) is 15.8. The van der Waals surface area contributed by atoms with E-state index < -0.39 is 6.04 Å². The molecule has 1 amide bonds. The minimum atomic E-state index is -0.673. The summed E-state index contributed by atoms with van der Waals surface area (Å²) in [7, 11) is 0. The number of benzene rings is 2. The highest BCUT2D eigenvalue weighted by atomic mass is 16.2. The number of rotatable bonds is 12. The summed E-state index contributed by atoms with van der Waals surface area (Å²) in [5, 5.41) is 6.31. The fourth-order valence-corrected chi connectivity index (χ4v) is 3.47. The van der Waals surface area contributed by atoms with Gasteiger partial charge in [-0.1, -0.05) is 94.9 Å². The van der Waals surface area contributed by atoms with Gasteiger partial charge in [-0.25, -0.2) is 0 Å². The molecule has 3 atom stereocenters. The lowest BCUT2D eigenvalue weighted by molar-refractivity contribution is -0.122. The standard InChI is InChI=1S/C26H35N3O2.C2H6/c1-18(2)15-25(20(4)30)28-19(3)24(17-22-13-9-6-10-14-22)29-26(31)23(27)16-21-11-7-5-8-12-21;1-2/h5-14,18,23-25,28H,3,15-17,27H2,1-2,4H3,(H,29,31);1-2H3. The Morgan fingerprint density at radius 3 is 1.79 bits per heavy atom. The van der Waals surface area contributed by atoms with E-state index in [2.05, 4.69) is 31.1 Å². The number of hydrogen-bond donors (Lipinski definition) is 3. The van der Waals surface area contributed by atoms with Crippen LogP contribution in [0.1, 0.15) is 52.2 Å². The molecule has 0 fully saturated rings. The van der Waals surface area contributed by atoms with Crippen LogP contribution in [-0.4, -0.2) is 29.8 Å². The van der Waals surface area contributed by atoms with Crippen LogP contribution in [0, 0.1) is 5.92 Å². The predicted molar refractivity (Wildman–Crippen MR) is 138 cm³/mol. The van der Waals surface area contributed by atoms with Gasteiger partial charge in [-0.05, 0) is 43.2 Å². The first-order valence-electron chi connectivity index (χ1n) is 11.9. The summed E-state index contributed by atoms with van der Waals surface area (Å²) in [5.41, 5.74) is 8.88. The highest BCUT2D eigenvalue weighted by Gasteiger charge is 2.24. The highest BCUT2D eigenvalue weighted by molar-refractivity contribution is 5.83. The zero-order valence-corrected chi connectivity index (χ0v) is 20.8. The third kappa shape index (κ3) is 10.5. The zero-order chi connectivity index (χ0) is 24.8. The molecule has 0 aromatic heterocycles. The van der Waals surface area contributed by atoms with Gasteiger partial charge in [0, 0.05) is 5.70 Å². The van der Waals surface area contributed by atoms with Crippen molar-refractivity contribution in [1.82, 2.24) is 10.6 Å². The third-order valence-corrected chi connectivity index (χ3v) is 5.21. The number of nitrogens with one attached hydrogen (secondary N) is 2. The van der Waals surface area contributed by atoms with E-state index in [-0.39, 0.29) is 23.8 Å². The van der Waals surface area contributed by atoms with Crippen molar-refractivity contribution in [2.45, 2.75) is 72.0 Å². The first-order valence-corrected chi connectivity index (χ1v) is 11.9. The molecular formula is C28H41N3O2. The molecule has 4 N–H and O–H groups in total. The summed E-state index contributed by atoms with van der Waals surface area (Å²) < 4.78 is 0. The molecule has 33 heavy (non-hydrogen) atoms. The van der Waals surface area contributed by atoms with Crippen LogP contribution in [0.2, 0.25) is 0 Å². The zero-order valence-electron chi connectivity index (χ0n) is 20.8. The van der Waals surface area contributed by atoms with Crippen molar-refractivity contribution in [3.8, 4) is 0 Å². The number of amides is 1. The van der Waals surface area contributed by atoms with Crippen molar-refractivity contribution in [1.29, 1.82) is 0 Å². The summed E-state index contributed by atoms with van der Waals surface area (Å²) in [5.74, 6) is 0.173. The summed E-state index contributed by atoms with van der Waals surface area (Å²) in [4.78, 5) is 25.0. The Bertz CT molecular complexity index is 850. The van der Waals surface area contributed by atoms with E-state index in [1.54, 1.807) is 6.92 Å². The highest BCUT2D eigenvalue weighted by Crippen LogP contribution is 2.13. The Kier molecular flexibility index (Phi) is 12.8. The monoisotopic (exact) mass is 451 g/mol. The molecule has 5 nitrogen and oxygen atoms in total. The van der Waals surface area contributed by atoms with Gasteiger partial charge < -0.3 is 16.4 Å². The van der Waals surface area contributed by atoms with Crippen molar-refractivity contribution in [2.75, 3.05) is 0 Å². The summed E-state index contributed by atoms with van der Waals surface area (Å²) in [6, 6.07) is 18.2. The van der Waals surface area contributed by atoms with Gasteiger partial charge in [0.2, 0.25) is 5.91 Å². The number of hydrogen-bond acceptors (Lipinski definition) is 4. The fraction of sp³-hybridized carbons (Fsp3) is 0.429. The van der Waals surface area contributed by atoms with Gasteiger partial charge in [0.25, 0.3) is 0 Å². The van der Waals surface area contributed by atoms with Crippen LogP contribution in [0.25, 0.3) is 0 Å². The quantitative estimate of drug-likeness (QED) is 0.446. The third-order valence-electron chi connectivity index (χ3n) is 5.21. The van der Waals surface area contributed by atoms with Crippen molar-refractivity contribution in [3.05, 3.63) is 84.1 Å². The normalized spacial score (nSPS) is 13.2. The molecule has 180 valence electrons. The minimum Gasteiger partial charge on any atom is -0.377 e. The number of Topliss-reactive ketones (excluding diaryl/α,β-unsaturated/α-hetero) is 1. The largest absolute Gasteiger partial charge is 0.377 e. The van der Waals surface area contributed by atoms with Crippen molar-refractivity contribution >= 4 is 11.7 Å². The second-order valence-electron chi connectivity index (χ2n) is 8.51. The van der Waals surface area contributed by atoms with Crippen molar-refractivity contribution in [2.24, 2.45) is 11.7 Å². The van der Waals surface area contributed by atoms with E-state index in [0.29, 0.717) is 30.9 Å². The Morgan fingerprint density at radius 2 is 1.33 bits per heavy atom. The lowest BCUT2D eigenvalue weighted by atomic mass is 9.98. The SMILES string of the molecule is C=C(NC(CC(C)C)C(C)=O)C(Cc1ccccc1)NC(=O)C(N)Cc1ccccc1.CC. The number of carbonyl (C=O) groups is 2. The molecule has 0 saturated carbocycles. The number of ketones is 1. The van der Waals surface area contributed by atoms with Crippen LogP contribution in [0.5, 0.6) is 0 Å². The lowest BCUT2D eigenvalue weighted by Crippen LogP contribution is -2.51. The Balaban J connectivity index is 0.00000265. The van der Waals surface area contributed by atoms with Crippen LogP contribution >= 0.6 is 0 Å². The van der Waals surface area contributed by atoms with Gasteiger partial charge in [-0.3, -0.25) is 9.59 Å². The maximum Gasteiger partial charge on any atom is 0.237 e. The van der Waals surface area contributed by atoms with E-state index in [9.17, 15) is 9.59 Å². The van der Waals surface area contributed by atoms with Gasteiger partial charge in [0.1, 0.15) is 0 Å². The molecule has 3 unspecified atom stereocenters. The molecular weight excluding hydrogens is 410 g/mol. The lowest BCUT2D eigenvalue weighted by Gasteiger charge is -2.28. The number of nitrogens with two attached hydrogens (primary N) is 1. The average molecular weight is 452 g/mol. The Hall–Kier alpha value is -2.92. The first kappa shape index (κ1) is 28.1. The molecule has 0 heterocycles. The Morgan fingerprint density at radius 1 is 0.848 bits per heavy atom. The van der Waals surface area contributed by atoms with Gasteiger partial charge in [-0.2, -0.15) is 0 Å². The summed E-state index contributed by atoms with van der Waals surface area (Å²) in [6.07, 6.45) is 1.71. The smallest absolute Gasteiger partial charge is 0.237 e. The van der Waals surface area contributed by atoms with Crippen molar-refractivity contribution < 1.29 is 9.59 Å². The fourth-order valence-electron chi connectivity index (χ4n) is 3.47. The van der Waals surface area contributed by atoms with Crippen molar-refractivity contribution in [3.63, 3.8) is 0 Å². The molecule has 5 heteroatoms. The molecule has 0 aliphatic carbocycles. The number of carbonyl (C=O) groups excluding carboxylic acids is 2. The van der Waals surface area contributed by atoms with Crippen LogP contribution in [-0.2, 0) is 22.4 Å². The second kappa shape index (κ2) is 15.0. The molecule has 0 spiro atoms.